The van der Waals surface area contributed by atoms with E-state index < -0.39 is 0 Å². The second kappa shape index (κ2) is 2.80. The molecule has 3 saturated carbocycles. The number of rotatable bonds is 2. The highest BCUT2D eigenvalue weighted by Gasteiger charge is 2.99. The lowest BCUT2D eigenvalue weighted by atomic mass is 9.58. The highest BCUT2D eigenvalue weighted by Crippen LogP contribution is 3.00. The summed E-state index contributed by atoms with van der Waals surface area (Å²) in [5.41, 5.74) is 4.61. The molecule has 3 aliphatic carbocycles. The van der Waals surface area contributed by atoms with Crippen molar-refractivity contribution in [2.75, 3.05) is 0 Å². The van der Waals surface area contributed by atoms with Crippen molar-refractivity contribution in [2.24, 2.45) is 11.3 Å². The van der Waals surface area contributed by atoms with Gasteiger partial charge in [0.25, 0.3) is 0 Å². The highest BCUT2D eigenvalue weighted by atomic mass is 15.0. The van der Waals surface area contributed by atoms with Gasteiger partial charge in [-0.1, -0.05) is 67.6 Å². The summed E-state index contributed by atoms with van der Waals surface area (Å²) in [5, 5.41) is 0. The van der Waals surface area contributed by atoms with Gasteiger partial charge in [-0.05, 0) is 35.3 Å². The van der Waals surface area contributed by atoms with Gasteiger partial charge in [0.1, 0.15) is 0 Å². The SMILES string of the molecule is CC12C3CC1(c1ccccc1)C2(c1ccccc1)C3. The van der Waals surface area contributed by atoms with Crippen LogP contribution in [-0.4, -0.2) is 0 Å². The van der Waals surface area contributed by atoms with E-state index in [0.29, 0.717) is 16.2 Å². The van der Waals surface area contributed by atoms with Crippen molar-refractivity contribution in [1.29, 1.82) is 0 Å². The molecule has 0 nitrogen and oxygen atoms in total. The Hall–Kier alpha value is -1.56. The lowest BCUT2D eigenvalue weighted by molar-refractivity contribution is 0.0839. The third-order valence-corrected chi connectivity index (χ3v) is 6.89. The number of fused-ring (bicyclic) bond motifs is 1. The molecule has 0 saturated heterocycles. The van der Waals surface area contributed by atoms with E-state index in [1.807, 2.05) is 0 Å². The zero-order valence-corrected chi connectivity index (χ0v) is 11.3. The van der Waals surface area contributed by atoms with Crippen molar-refractivity contribution in [1.82, 2.24) is 0 Å². The van der Waals surface area contributed by atoms with Crippen LogP contribution >= 0.6 is 0 Å². The molecular weight excluding hydrogens is 228 g/mol. The Balaban J connectivity index is 1.72. The van der Waals surface area contributed by atoms with Crippen LogP contribution in [0.15, 0.2) is 60.7 Å². The Bertz CT molecular complexity index is 601. The predicted molar refractivity (Wildman–Crippen MR) is 77.1 cm³/mol. The van der Waals surface area contributed by atoms with Gasteiger partial charge in [-0.2, -0.15) is 0 Å². The van der Waals surface area contributed by atoms with E-state index in [1.165, 1.54) is 12.8 Å². The molecule has 0 amide bonds. The van der Waals surface area contributed by atoms with Crippen LogP contribution in [0.2, 0.25) is 0 Å². The van der Waals surface area contributed by atoms with Gasteiger partial charge in [-0.15, -0.1) is 0 Å². The molecule has 0 heteroatoms. The summed E-state index contributed by atoms with van der Waals surface area (Å²) < 4.78 is 0. The normalized spacial score (nSPS) is 44.8. The highest BCUT2D eigenvalue weighted by molar-refractivity contribution is 5.67. The maximum absolute atomic E-state index is 2.53. The van der Waals surface area contributed by atoms with Crippen molar-refractivity contribution in [3.8, 4) is 0 Å². The van der Waals surface area contributed by atoms with Gasteiger partial charge in [0.05, 0.1) is 0 Å². The molecule has 5 rings (SSSR count). The van der Waals surface area contributed by atoms with Gasteiger partial charge in [-0.3, -0.25) is 0 Å². The molecule has 2 aromatic carbocycles. The molecule has 2 aromatic rings. The lowest BCUT2D eigenvalue weighted by Gasteiger charge is -2.45. The third kappa shape index (κ3) is 0.754. The fourth-order valence-electron chi connectivity index (χ4n) is 6.11. The standard InChI is InChI=1S/C19H18/c1-17-16-12-18(17,14-8-4-2-5-9-14)19(17,13-16)15-10-6-3-7-11-15/h2-11,16H,12-13H2,1H3. The smallest absolute Gasteiger partial charge is 0.0124 e. The first-order chi connectivity index (χ1) is 9.27. The Morgan fingerprint density at radius 3 is 1.53 bits per heavy atom. The number of hydrogen-bond donors (Lipinski definition) is 0. The number of hydrogen-bond acceptors (Lipinski definition) is 0. The van der Waals surface area contributed by atoms with Crippen LogP contribution in [0.3, 0.4) is 0 Å². The molecule has 19 heavy (non-hydrogen) atoms. The second-order valence-electron chi connectivity index (χ2n) is 6.85. The topological polar surface area (TPSA) is 0 Å². The first-order valence-electron chi connectivity index (χ1n) is 7.38. The fraction of sp³-hybridized carbons (Fsp3) is 0.368. The maximum atomic E-state index is 2.53. The molecule has 2 unspecified atom stereocenters. The Morgan fingerprint density at radius 2 is 1.16 bits per heavy atom. The Kier molecular flexibility index (Phi) is 1.51. The van der Waals surface area contributed by atoms with Crippen molar-refractivity contribution in [3.63, 3.8) is 0 Å². The first kappa shape index (κ1) is 10.3. The molecule has 0 aliphatic heterocycles. The summed E-state index contributed by atoms with van der Waals surface area (Å²) >= 11 is 0. The average molecular weight is 246 g/mol. The molecule has 0 heterocycles. The molecule has 2 atom stereocenters. The van der Waals surface area contributed by atoms with Gasteiger partial charge in [-0.25, -0.2) is 0 Å². The van der Waals surface area contributed by atoms with Crippen molar-refractivity contribution < 1.29 is 0 Å². The summed E-state index contributed by atoms with van der Waals surface area (Å²) in [5.74, 6) is 0.966. The molecule has 0 aromatic heterocycles. The van der Waals surface area contributed by atoms with Crippen LogP contribution in [0.5, 0.6) is 0 Å². The van der Waals surface area contributed by atoms with E-state index in [9.17, 15) is 0 Å². The minimum atomic E-state index is 0.452. The lowest BCUT2D eigenvalue weighted by Crippen LogP contribution is -2.40. The minimum Gasteiger partial charge on any atom is -0.0622 e. The van der Waals surface area contributed by atoms with E-state index in [1.54, 1.807) is 11.1 Å². The van der Waals surface area contributed by atoms with Crippen LogP contribution in [0.1, 0.15) is 30.9 Å². The van der Waals surface area contributed by atoms with Crippen LogP contribution in [0.4, 0.5) is 0 Å². The van der Waals surface area contributed by atoms with E-state index in [2.05, 4.69) is 67.6 Å². The van der Waals surface area contributed by atoms with Gasteiger partial charge in [0, 0.05) is 10.8 Å². The fourth-order valence-corrected chi connectivity index (χ4v) is 6.11. The predicted octanol–water partition coefficient (Wildman–Crippen LogP) is 4.31. The van der Waals surface area contributed by atoms with Crippen molar-refractivity contribution >= 4 is 0 Å². The van der Waals surface area contributed by atoms with Gasteiger partial charge >= 0.3 is 0 Å². The largest absolute Gasteiger partial charge is 0.0622 e. The minimum absolute atomic E-state index is 0.452. The summed E-state index contributed by atoms with van der Waals surface area (Å²) in [6, 6.07) is 22.5. The summed E-state index contributed by atoms with van der Waals surface area (Å²) in [6.45, 7) is 2.53. The summed E-state index contributed by atoms with van der Waals surface area (Å²) in [6.07, 6.45) is 2.81. The zero-order chi connectivity index (χ0) is 12.7. The van der Waals surface area contributed by atoms with Crippen LogP contribution in [0.25, 0.3) is 0 Å². The monoisotopic (exact) mass is 246 g/mol. The quantitative estimate of drug-likeness (QED) is 0.741. The van der Waals surface area contributed by atoms with Crippen LogP contribution in [-0.2, 0) is 10.8 Å². The van der Waals surface area contributed by atoms with Crippen LogP contribution in [0, 0.1) is 11.3 Å². The van der Waals surface area contributed by atoms with Gasteiger partial charge < -0.3 is 0 Å². The number of benzene rings is 2. The van der Waals surface area contributed by atoms with E-state index in [0.717, 1.165) is 5.92 Å². The maximum Gasteiger partial charge on any atom is 0.0124 e. The molecular formula is C19H18. The van der Waals surface area contributed by atoms with Crippen molar-refractivity contribution in [3.05, 3.63) is 71.8 Å². The molecule has 3 fully saturated rings. The Morgan fingerprint density at radius 1 is 0.737 bits per heavy atom. The molecule has 0 spiro atoms. The van der Waals surface area contributed by atoms with Crippen LogP contribution < -0.4 is 0 Å². The molecule has 0 radical (unpaired) electrons. The average Bonchev–Trinajstić information content (AvgIpc) is 2.84. The summed E-state index contributed by atoms with van der Waals surface area (Å²) in [4.78, 5) is 0. The first-order valence-corrected chi connectivity index (χ1v) is 7.38. The second-order valence-corrected chi connectivity index (χ2v) is 6.85. The molecule has 0 bridgehead atoms. The van der Waals surface area contributed by atoms with Gasteiger partial charge in [0.2, 0.25) is 0 Å². The molecule has 0 N–H and O–H groups in total. The zero-order valence-electron chi connectivity index (χ0n) is 11.3. The van der Waals surface area contributed by atoms with E-state index >= 15 is 0 Å². The Labute approximate surface area is 114 Å². The van der Waals surface area contributed by atoms with Crippen molar-refractivity contribution in [2.45, 2.75) is 30.6 Å². The molecule has 94 valence electrons. The third-order valence-electron chi connectivity index (χ3n) is 6.89. The van der Waals surface area contributed by atoms with Gasteiger partial charge in [0.15, 0.2) is 0 Å². The molecule has 3 aliphatic rings. The van der Waals surface area contributed by atoms with E-state index in [-0.39, 0.29) is 0 Å². The van der Waals surface area contributed by atoms with E-state index in [4.69, 9.17) is 0 Å². The summed E-state index contributed by atoms with van der Waals surface area (Å²) in [7, 11) is 0.